The Morgan fingerprint density at radius 2 is 1.35 bits per heavy atom. The number of aryl methyl sites for hydroxylation is 2. The minimum atomic E-state index is 0.979. The molecule has 23 heavy (non-hydrogen) atoms. The normalized spacial score (nSPS) is 14.9. The number of aromatic nitrogens is 1. The first-order valence-corrected chi connectivity index (χ1v) is 8.20. The van der Waals surface area contributed by atoms with E-state index < -0.39 is 0 Å². The topological polar surface area (TPSA) is 4.93 Å². The average molecular weight is 299 g/mol. The Kier molecular flexibility index (Phi) is 3.23. The summed E-state index contributed by atoms with van der Waals surface area (Å²) in [5.74, 6) is 0. The molecule has 1 heteroatoms. The van der Waals surface area contributed by atoms with Crippen molar-refractivity contribution in [1.29, 1.82) is 0 Å². The van der Waals surface area contributed by atoms with Crippen molar-refractivity contribution in [3.05, 3.63) is 77.4 Å². The predicted molar refractivity (Wildman–Crippen MR) is 101 cm³/mol. The van der Waals surface area contributed by atoms with Crippen molar-refractivity contribution in [2.45, 2.75) is 27.2 Å². The molecular formula is C22H21N. The van der Waals surface area contributed by atoms with E-state index in [9.17, 15) is 0 Å². The van der Waals surface area contributed by atoms with E-state index in [2.05, 4.69) is 86.0 Å². The third kappa shape index (κ3) is 2.33. The van der Waals surface area contributed by atoms with E-state index in [4.69, 9.17) is 0 Å². The van der Waals surface area contributed by atoms with Crippen LogP contribution in [0.25, 0.3) is 27.5 Å². The van der Waals surface area contributed by atoms with Crippen LogP contribution in [0.1, 0.15) is 24.5 Å². The monoisotopic (exact) mass is 299 g/mol. The Morgan fingerprint density at radius 1 is 0.739 bits per heavy atom. The number of hydrogen-bond acceptors (Lipinski definition) is 0. The van der Waals surface area contributed by atoms with Crippen LogP contribution in [0, 0.1) is 13.8 Å². The molecule has 1 aromatic heterocycles. The Hall–Kier alpha value is -2.54. The molecule has 1 heterocycles. The zero-order chi connectivity index (χ0) is 16.0. The van der Waals surface area contributed by atoms with Crippen LogP contribution in [0.15, 0.2) is 66.3 Å². The summed E-state index contributed by atoms with van der Waals surface area (Å²) in [4.78, 5) is 0. The summed E-state index contributed by atoms with van der Waals surface area (Å²) < 4.78 is 2.40. The summed E-state index contributed by atoms with van der Waals surface area (Å²) in [6.45, 7) is 6.49. The third-order valence-corrected chi connectivity index (χ3v) is 4.62. The van der Waals surface area contributed by atoms with E-state index in [-0.39, 0.29) is 0 Å². The first-order chi connectivity index (χ1) is 11.1. The Labute approximate surface area is 137 Å². The van der Waals surface area contributed by atoms with Gasteiger partial charge in [0, 0.05) is 16.5 Å². The Bertz CT molecular complexity index is 950. The zero-order valence-corrected chi connectivity index (χ0v) is 13.9. The molecule has 0 amide bonds. The summed E-state index contributed by atoms with van der Waals surface area (Å²) in [6, 6.07) is 13.5. The van der Waals surface area contributed by atoms with E-state index in [0.717, 1.165) is 6.42 Å². The van der Waals surface area contributed by atoms with E-state index in [1.807, 2.05) is 0 Å². The lowest BCUT2D eigenvalue weighted by atomic mass is 10.1. The highest BCUT2D eigenvalue weighted by atomic mass is 15.0. The van der Waals surface area contributed by atoms with Gasteiger partial charge in [-0.05, 0) is 57.5 Å². The molecular weight excluding hydrogens is 278 g/mol. The number of benzene rings is 2. The molecule has 0 N–H and O–H groups in total. The van der Waals surface area contributed by atoms with E-state index in [1.165, 1.54) is 44.2 Å². The minimum absolute atomic E-state index is 0.979. The summed E-state index contributed by atoms with van der Waals surface area (Å²) in [7, 11) is 0. The maximum atomic E-state index is 2.40. The second-order valence-electron chi connectivity index (χ2n) is 6.52. The molecule has 0 saturated heterocycles. The van der Waals surface area contributed by atoms with Gasteiger partial charge in [-0.15, -0.1) is 0 Å². The standard InChI is InChI=1S/C22H21N/c1-15-5-4-6-18(10-7-15)23-21-11-8-16(2)13-19(21)20-14-17(3)9-12-22(20)23/h5-14H,4H2,1-3H3. The molecule has 0 bridgehead atoms. The van der Waals surface area contributed by atoms with Crippen LogP contribution in [0.5, 0.6) is 0 Å². The highest BCUT2D eigenvalue weighted by molar-refractivity contribution is 6.10. The Morgan fingerprint density at radius 3 is 1.96 bits per heavy atom. The van der Waals surface area contributed by atoms with Crippen LogP contribution in [-0.4, -0.2) is 4.57 Å². The van der Waals surface area contributed by atoms with Gasteiger partial charge in [-0.25, -0.2) is 0 Å². The van der Waals surface area contributed by atoms with Crippen LogP contribution in [0.2, 0.25) is 0 Å². The van der Waals surface area contributed by atoms with E-state index in [0.29, 0.717) is 0 Å². The van der Waals surface area contributed by atoms with Crippen molar-refractivity contribution in [2.75, 3.05) is 0 Å². The molecule has 2 aromatic carbocycles. The lowest BCUT2D eigenvalue weighted by Gasteiger charge is -2.08. The van der Waals surface area contributed by atoms with Crippen molar-refractivity contribution in [1.82, 2.24) is 4.57 Å². The quantitative estimate of drug-likeness (QED) is 0.507. The van der Waals surface area contributed by atoms with Gasteiger partial charge in [-0.3, -0.25) is 0 Å². The molecule has 3 aromatic rings. The number of allylic oxidation sites excluding steroid dienone is 6. The van der Waals surface area contributed by atoms with Crippen molar-refractivity contribution in [2.24, 2.45) is 0 Å². The van der Waals surface area contributed by atoms with Gasteiger partial charge in [0.25, 0.3) is 0 Å². The smallest absolute Gasteiger partial charge is 0.0541 e. The molecule has 0 fully saturated rings. The SMILES string of the molecule is CC1=CCC=C(n2c3ccc(C)cc3c3cc(C)ccc32)C=C1. The summed E-state index contributed by atoms with van der Waals surface area (Å²) in [5, 5.41) is 2.68. The lowest BCUT2D eigenvalue weighted by molar-refractivity contribution is 1.21. The van der Waals surface area contributed by atoms with Gasteiger partial charge in [-0.1, -0.05) is 47.1 Å². The molecule has 1 aliphatic carbocycles. The molecule has 0 aliphatic heterocycles. The molecule has 1 nitrogen and oxygen atoms in total. The maximum absolute atomic E-state index is 2.40. The van der Waals surface area contributed by atoms with Crippen LogP contribution in [0.3, 0.4) is 0 Å². The van der Waals surface area contributed by atoms with Crippen LogP contribution in [-0.2, 0) is 0 Å². The minimum Gasteiger partial charge on any atom is -0.310 e. The molecule has 4 rings (SSSR count). The fourth-order valence-electron chi connectivity index (χ4n) is 3.41. The molecule has 0 atom stereocenters. The van der Waals surface area contributed by atoms with Gasteiger partial charge in [0.2, 0.25) is 0 Å². The fraction of sp³-hybridized carbons (Fsp3) is 0.182. The van der Waals surface area contributed by atoms with Gasteiger partial charge < -0.3 is 4.57 Å². The van der Waals surface area contributed by atoms with Crippen LogP contribution < -0.4 is 0 Å². The van der Waals surface area contributed by atoms with Crippen LogP contribution in [0.4, 0.5) is 0 Å². The zero-order valence-electron chi connectivity index (χ0n) is 13.9. The average Bonchev–Trinajstić information content (AvgIpc) is 2.67. The largest absolute Gasteiger partial charge is 0.310 e. The summed E-state index contributed by atoms with van der Waals surface area (Å²) in [5.41, 5.74) is 7.76. The summed E-state index contributed by atoms with van der Waals surface area (Å²) >= 11 is 0. The number of rotatable bonds is 1. The summed E-state index contributed by atoms with van der Waals surface area (Å²) in [6.07, 6.45) is 10.0. The van der Waals surface area contributed by atoms with Gasteiger partial charge in [0.15, 0.2) is 0 Å². The van der Waals surface area contributed by atoms with Crippen molar-refractivity contribution < 1.29 is 0 Å². The van der Waals surface area contributed by atoms with E-state index >= 15 is 0 Å². The molecule has 0 saturated carbocycles. The lowest BCUT2D eigenvalue weighted by Crippen LogP contribution is -1.94. The highest BCUT2D eigenvalue weighted by Gasteiger charge is 2.13. The third-order valence-electron chi connectivity index (χ3n) is 4.62. The van der Waals surface area contributed by atoms with Gasteiger partial charge >= 0.3 is 0 Å². The molecule has 0 radical (unpaired) electrons. The number of fused-ring (bicyclic) bond motifs is 3. The Balaban J connectivity index is 2.09. The van der Waals surface area contributed by atoms with Crippen molar-refractivity contribution >= 4 is 27.5 Å². The van der Waals surface area contributed by atoms with Crippen LogP contribution >= 0.6 is 0 Å². The van der Waals surface area contributed by atoms with Gasteiger partial charge in [0.1, 0.15) is 0 Å². The van der Waals surface area contributed by atoms with Gasteiger partial charge in [0.05, 0.1) is 11.0 Å². The molecule has 1 aliphatic rings. The van der Waals surface area contributed by atoms with E-state index in [1.54, 1.807) is 0 Å². The first kappa shape index (κ1) is 14.1. The van der Waals surface area contributed by atoms with Gasteiger partial charge in [-0.2, -0.15) is 0 Å². The first-order valence-electron chi connectivity index (χ1n) is 8.20. The predicted octanol–water partition coefficient (Wildman–Crippen LogP) is 6.16. The molecule has 0 spiro atoms. The highest BCUT2D eigenvalue weighted by Crippen LogP contribution is 2.34. The second kappa shape index (κ2) is 5.27. The van der Waals surface area contributed by atoms with Crippen molar-refractivity contribution in [3.63, 3.8) is 0 Å². The molecule has 0 unspecified atom stereocenters. The number of hydrogen-bond donors (Lipinski definition) is 0. The number of nitrogens with zero attached hydrogens (tertiary/aromatic N) is 1. The second-order valence-corrected chi connectivity index (χ2v) is 6.52. The molecule has 114 valence electrons. The fourth-order valence-corrected chi connectivity index (χ4v) is 3.41. The van der Waals surface area contributed by atoms with Crippen molar-refractivity contribution in [3.8, 4) is 0 Å². The maximum Gasteiger partial charge on any atom is 0.0541 e.